The molecule has 2 aromatic rings. The van der Waals surface area contributed by atoms with Crippen LogP contribution in [0.5, 0.6) is 0 Å². The summed E-state index contributed by atoms with van der Waals surface area (Å²) >= 11 is 3.07. The first-order chi connectivity index (χ1) is 7.92. The van der Waals surface area contributed by atoms with E-state index in [1.54, 1.807) is 11.3 Å². The third-order valence-corrected chi connectivity index (χ3v) is 3.45. The summed E-state index contributed by atoms with van der Waals surface area (Å²) in [6.45, 7) is 8.34. The van der Waals surface area contributed by atoms with E-state index in [2.05, 4.69) is 45.8 Å². The number of hydrogen-bond acceptors (Lipinski definition) is 6. The Bertz CT molecular complexity index is 496. The lowest BCUT2D eigenvalue weighted by Crippen LogP contribution is -2.25. The summed E-state index contributed by atoms with van der Waals surface area (Å²) in [4.78, 5) is 8.87. The molecule has 0 aliphatic rings. The monoisotopic (exact) mass is 268 g/mol. The van der Waals surface area contributed by atoms with Crippen molar-refractivity contribution >= 4 is 28.0 Å². The van der Waals surface area contributed by atoms with Gasteiger partial charge in [0, 0.05) is 22.5 Å². The largest absolute Gasteiger partial charge is 0.356 e. The van der Waals surface area contributed by atoms with E-state index in [-0.39, 0.29) is 5.54 Å². The summed E-state index contributed by atoms with van der Waals surface area (Å²) < 4.78 is 4.34. The van der Waals surface area contributed by atoms with Crippen molar-refractivity contribution in [3.63, 3.8) is 0 Å². The van der Waals surface area contributed by atoms with Crippen molar-refractivity contribution in [2.24, 2.45) is 0 Å². The minimum Gasteiger partial charge on any atom is -0.356 e. The number of nitrogens with one attached hydrogen (secondary N) is 1. The fraction of sp³-hybridized carbons (Fsp3) is 0.545. The molecule has 0 radical (unpaired) electrons. The molecule has 1 N–H and O–H groups in total. The number of aryl methyl sites for hydroxylation is 1. The van der Waals surface area contributed by atoms with Crippen molar-refractivity contribution in [2.75, 3.05) is 5.32 Å². The van der Waals surface area contributed by atoms with Crippen LogP contribution in [0.4, 0.5) is 5.13 Å². The second kappa shape index (κ2) is 4.70. The van der Waals surface area contributed by atoms with E-state index in [0.717, 1.165) is 21.7 Å². The van der Waals surface area contributed by atoms with Gasteiger partial charge in [-0.25, -0.2) is 9.97 Å². The van der Waals surface area contributed by atoms with Crippen molar-refractivity contribution < 1.29 is 0 Å². The highest BCUT2D eigenvalue weighted by atomic mass is 32.1. The van der Waals surface area contributed by atoms with Crippen molar-refractivity contribution in [2.45, 2.75) is 39.7 Å². The van der Waals surface area contributed by atoms with Crippen molar-refractivity contribution in [3.05, 3.63) is 21.9 Å². The van der Waals surface area contributed by atoms with Crippen LogP contribution in [0.15, 0.2) is 5.38 Å². The molecule has 2 aromatic heterocycles. The lowest BCUT2D eigenvalue weighted by atomic mass is 10.1. The Morgan fingerprint density at radius 1 is 1.29 bits per heavy atom. The van der Waals surface area contributed by atoms with E-state index >= 15 is 0 Å². The zero-order valence-corrected chi connectivity index (χ0v) is 12.1. The topological polar surface area (TPSA) is 50.7 Å². The molecule has 0 amide bonds. The Hall–Kier alpha value is -1.01. The molecule has 92 valence electrons. The van der Waals surface area contributed by atoms with Gasteiger partial charge in [-0.2, -0.15) is 4.37 Å². The molecular formula is C11H16N4S2. The first-order valence-electron chi connectivity index (χ1n) is 5.44. The normalized spacial score (nSPS) is 11.8. The molecule has 2 rings (SSSR count). The average molecular weight is 268 g/mol. The number of rotatable bonds is 3. The first kappa shape index (κ1) is 12.4. The standard InChI is InChI=1S/C11H16N4S2/c1-7-12-8(6-16-7)5-9-13-10(17-15-9)14-11(2,3)4/h6H,5H2,1-4H3,(H,13,14,15). The summed E-state index contributed by atoms with van der Waals surface area (Å²) in [5.74, 6) is 0.840. The van der Waals surface area contributed by atoms with E-state index in [9.17, 15) is 0 Å². The summed E-state index contributed by atoms with van der Waals surface area (Å²) in [5.41, 5.74) is 1.07. The predicted octanol–water partition coefficient (Wildman–Crippen LogP) is 3.10. The van der Waals surface area contributed by atoms with Gasteiger partial charge in [0.1, 0.15) is 0 Å². The second-order valence-electron chi connectivity index (χ2n) is 4.93. The van der Waals surface area contributed by atoms with Crippen LogP contribution in [-0.2, 0) is 6.42 Å². The first-order valence-corrected chi connectivity index (χ1v) is 7.09. The Morgan fingerprint density at radius 3 is 2.65 bits per heavy atom. The maximum Gasteiger partial charge on any atom is 0.202 e. The quantitative estimate of drug-likeness (QED) is 0.929. The fourth-order valence-electron chi connectivity index (χ4n) is 1.35. The summed E-state index contributed by atoms with van der Waals surface area (Å²) in [7, 11) is 0. The van der Waals surface area contributed by atoms with Gasteiger partial charge in [0.05, 0.1) is 17.1 Å². The Balaban J connectivity index is 2.03. The summed E-state index contributed by atoms with van der Waals surface area (Å²) in [5, 5.41) is 7.34. The zero-order valence-electron chi connectivity index (χ0n) is 10.4. The molecule has 0 unspecified atom stereocenters. The molecule has 17 heavy (non-hydrogen) atoms. The predicted molar refractivity (Wildman–Crippen MR) is 72.9 cm³/mol. The number of hydrogen-bond donors (Lipinski definition) is 1. The van der Waals surface area contributed by atoms with Crippen LogP contribution in [-0.4, -0.2) is 19.9 Å². The van der Waals surface area contributed by atoms with E-state index in [4.69, 9.17) is 0 Å². The zero-order chi connectivity index (χ0) is 12.5. The maximum atomic E-state index is 4.46. The molecule has 4 nitrogen and oxygen atoms in total. The lowest BCUT2D eigenvalue weighted by molar-refractivity contribution is 0.633. The smallest absolute Gasteiger partial charge is 0.202 e. The molecule has 0 saturated heterocycles. The molecule has 0 aliphatic carbocycles. The second-order valence-corrected chi connectivity index (χ2v) is 6.74. The lowest BCUT2D eigenvalue weighted by Gasteiger charge is -2.18. The minimum absolute atomic E-state index is 0.0218. The van der Waals surface area contributed by atoms with Crippen molar-refractivity contribution in [1.29, 1.82) is 0 Å². The third-order valence-electron chi connectivity index (χ3n) is 1.96. The molecule has 2 heterocycles. The molecule has 0 fully saturated rings. The van der Waals surface area contributed by atoms with E-state index in [1.807, 2.05) is 6.92 Å². The molecule has 0 atom stereocenters. The van der Waals surface area contributed by atoms with E-state index in [1.165, 1.54) is 11.5 Å². The van der Waals surface area contributed by atoms with Crippen LogP contribution >= 0.6 is 22.9 Å². The van der Waals surface area contributed by atoms with Gasteiger partial charge in [0.2, 0.25) is 5.13 Å². The van der Waals surface area contributed by atoms with Gasteiger partial charge in [-0.3, -0.25) is 0 Å². The van der Waals surface area contributed by atoms with Crippen molar-refractivity contribution in [1.82, 2.24) is 14.3 Å². The Morgan fingerprint density at radius 2 is 2.06 bits per heavy atom. The molecule has 6 heteroatoms. The van der Waals surface area contributed by atoms with Crippen LogP contribution < -0.4 is 5.32 Å². The molecular weight excluding hydrogens is 252 g/mol. The van der Waals surface area contributed by atoms with Gasteiger partial charge < -0.3 is 5.32 Å². The highest BCUT2D eigenvalue weighted by molar-refractivity contribution is 7.10. The van der Waals surface area contributed by atoms with Gasteiger partial charge in [0.15, 0.2) is 5.82 Å². The summed E-state index contributed by atoms with van der Waals surface area (Å²) in [6.07, 6.45) is 0.715. The van der Waals surface area contributed by atoms with E-state index < -0.39 is 0 Å². The van der Waals surface area contributed by atoms with Gasteiger partial charge >= 0.3 is 0 Å². The SMILES string of the molecule is Cc1nc(Cc2nsc(NC(C)(C)C)n2)cs1. The molecule has 0 aromatic carbocycles. The number of aromatic nitrogens is 3. The van der Waals surface area contributed by atoms with Crippen LogP contribution in [0.2, 0.25) is 0 Å². The number of anilines is 1. The van der Waals surface area contributed by atoms with E-state index in [0.29, 0.717) is 6.42 Å². The highest BCUT2D eigenvalue weighted by Crippen LogP contribution is 2.18. The maximum absolute atomic E-state index is 4.46. The summed E-state index contributed by atoms with van der Waals surface area (Å²) in [6, 6.07) is 0. The molecule has 0 aliphatic heterocycles. The van der Waals surface area contributed by atoms with Gasteiger partial charge in [-0.1, -0.05) is 0 Å². The fourth-order valence-corrected chi connectivity index (χ4v) is 2.76. The van der Waals surface area contributed by atoms with Crippen LogP contribution in [0, 0.1) is 6.92 Å². The average Bonchev–Trinajstić information content (AvgIpc) is 2.74. The highest BCUT2D eigenvalue weighted by Gasteiger charge is 2.13. The third kappa shape index (κ3) is 3.74. The van der Waals surface area contributed by atoms with Gasteiger partial charge in [-0.05, 0) is 27.7 Å². The van der Waals surface area contributed by atoms with Crippen LogP contribution in [0.25, 0.3) is 0 Å². The van der Waals surface area contributed by atoms with Gasteiger partial charge in [-0.15, -0.1) is 11.3 Å². The molecule has 0 saturated carbocycles. The van der Waals surface area contributed by atoms with Crippen LogP contribution in [0.3, 0.4) is 0 Å². The van der Waals surface area contributed by atoms with Crippen molar-refractivity contribution in [3.8, 4) is 0 Å². The van der Waals surface area contributed by atoms with Gasteiger partial charge in [0.25, 0.3) is 0 Å². The molecule has 0 spiro atoms. The Kier molecular flexibility index (Phi) is 3.44. The number of thiazole rings is 1. The molecule has 0 bridgehead atoms. The number of nitrogens with zero attached hydrogens (tertiary/aromatic N) is 3. The van der Waals surface area contributed by atoms with Crippen LogP contribution in [0.1, 0.15) is 37.3 Å². The minimum atomic E-state index is 0.0218. The Labute approximate surface area is 109 Å².